The molecule has 0 fully saturated rings. The first-order chi connectivity index (χ1) is 12.7. The molecule has 0 spiro atoms. The molecular formula is C21H23N3OS. The second-order valence-electron chi connectivity index (χ2n) is 6.01. The summed E-state index contributed by atoms with van der Waals surface area (Å²) in [6.45, 7) is 4.94. The van der Waals surface area contributed by atoms with Crippen molar-refractivity contribution in [1.29, 1.82) is 0 Å². The van der Waals surface area contributed by atoms with E-state index < -0.39 is 0 Å². The molecule has 2 N–H and O–H groups in total. The highest BCUT2D eigenvalue weighted by Gasteiger charge is 2.18. The minimum absolute atomic E-state index is 0.0227. The molecule has 134 valence electrons. The third-order valence-electron chi connectivity index (χ3n) is 4.21. The predicted molar refractivity (Wildman–Crippen MR) is 110 cm³/mol. The Hall–Kier alpha value is -2.66. The van der Waals surface area contributed by atoms with Crippen LogP contribution < -0.4 is 10.6 Å². The zero-order valence-corrected chi connectivity index (χ0v) is 15.8. The Bertz CT molecular complexity index is 843. The van der Waals surface area contributed by atoms with Crippen LogP contribution >= 0.6 is 11.3 Å². The van der Waals surface area contributed by atoms with Gasteiger partial charge in [-0.3, -0.25) is 4.79 Å². The number of rotatable bonds is 7. The lowest BCUT2D eigenvalue weighted by Crippen LogP contribution is -2.20. The van der Waals surface area contributed by atoms with Crippen LogP contribution in [0, 0.1) is 0 Å². The molecule has 0 bridgehead atoms. The van der Waals surface area contributed by atoms with Crippen molar-refractivity contribution in [3.63, 3.8) is 0 Å². The van der Waals surface area contributed by atoms with E-state index in [0.29, 0.717) is 0 Å². The van der Waals surface area contributed by atoms with Gasteiger partial charge in [0.15, 0.2) is 5.13 Å². The Kier molecular flexibility index (Phi) is 6.02. The fourth-order valence-electron chi connectivity index (χ4n) is 2.85. The summed E-state index contributed by atoms with van der Waals surface area (Å²) in [7, 11) is 0. The fourth-order valence-corrected chi connectivity index (χ4v) is 3.64. The van der Waals surface area contributed by atoms with Crippen LogP contribution in [-0.2, 0) is 4.79 Å². The molecule has 1 heterocycles. The minimum atomic E-state index is -0.142. The van der Waals surface area contributed by atoms with Gasteiger partial charge in [-0.05, 0) is 31.0 Å². The van der Waals surface area contributed by atoms with Gasteiger partial charge < -0.3 is 10.6 Å². The summed E-state index contributed by atoms with van der Waals surface area (Å²) in [6.07, 6.45) is 0.764. The van der Waals surface area contributed by atoms with Gasteiger partial charge in [-0.15, -0.1) is 11.3 Å². The maximum absolute atomic E-state index is 12.6. The van der Waals surface area contributed by atoms with Gasteiger partial charge in [0.25, 0.3) is 0 Å². The number of aromatic nitrogens is 1. The maximum Gasteiger partial charge on any atom is 0.231 e. The first-order valence-electron chi connectivity index (χ1n) is 8.87. The van der Waals surface area contributed by atoms with Gasteiger partial charge in [0.05, 0.1) is 11.6 Å². The second kappa shape index (κ2) is 8.63. The molecule has 1 aromatic heterocycles. The van der Waals surface area contributed by atoms with Crippen LogP contribution in [0.3, 0.4) is 0 Å². The molecule has 1 unspecified atom stereocenters. The predicted octanol–water partition coefficient (Wildman–Crippen LogP) is 5.37. The number of amides is 1. The van der Waals surface area contributed by atoms with E-state index in [-0.39, 0.29) is 11.8 Å². The summed E-state index contributed by atoms with van der Waals surface area (Å²) in [5.41, 5.74) is 3.83. The van der Waals surface area contributed by atoms with Crippen LogP contribution in [0.25, 0.3) is 11.3 Å². The Morgan fingerprint density at radius 3 is 2.46 bits per heavy atom. The van der Waals surface area contributed by atoms with Gasteiger partial charge in [0.1, 0.15) is 0 Å². The van der Waals surface area contributed by atoms with E-state index >= 15 is 0 Å². The van der Waals surface area contributed by atoms with E-state index in [9.17, 15) is 4.79 Å². The summed E-state index contributed by atoms with van der Waals surface area (Å²) in [5.74, 6) is -0.119. The largest absolute Gasteiger partial charge is 0.362 e. The molecule has 3 rings (SSSR count). The van der Waals surface area contributed by atoms with E-state index in [1.165, 1.54) is 0 Å². The zero-order chi connectivity index (χ0) is 18.4. The highest BCUT2D eigenvalue weighted by molar-refractivity contribution is 7.14. The zero-order valence-electron chi connectivity index (χ0n) is 15.0. The number of nitrogens with one attached hydrogen (secondary N) is 2. The van der Waals surface area contributed by atoms with Crippen LogP contribution in [0.4, 0.5) is 10.8 Å². The van der Waals surface area contributed by atoms with E-state index in [2.05, 4.69) is 22.5 Å². The lowest BCUT2D eigenvalue weighted by Gasteiger charge is -2.15. The molecule has 5 heteroatoms. The second-order valence-corrected chi connectivity index (χ2v) is 6.86. The lowest BCUT2D eigenvalue weighted by atomic mass is 9.95. The van der Waals surface area contributed by atoms with Crippen molar-refractivity contribution in [1.82, 2.24) is 4.98 Å². The molecule has 0 aliphatic heterocycles. The highest BCUT2D eigenvalue weighted by atomic mass is 32.1. The normalized spacial score (nSPS) is 11.8. The molecule has 1 amide bonds. The van der Waals surface area contributed by atoms with E-state index in [1.54, 1.807) is 11.3 Å². The third kappa shape index (κ3) is 4.29. The smallest absolute Gasteiger partial charge is 0.231 e. The maximum atomic E-state index is 12.6. The molecule has 1 atom stereocenters. The Labute approximate surface area is 158 Å². The quantitative estimate of drug-likeness (QED) is 0.591. The Morgan fingerprint density at radius 1 is 1.08 bits per heavy atom. The van der Waals surface area contributed by atoms with Gasteiger partial charge in [-0.25, -0.2) is 4.98 Å². The third-order valence-corrected chi connectivity index (χ3v) is 5.01. The van der Waals surface area contributed by atoms with Gasteiger partial charge in [0.2, 0.25) is 5.91 Å². The van der Waals surface area contributed by atoms with Crippen molar-refractivity contribution in [2.45, 2.75) is 26.2 Å². The highest BCUT2D eigenvalue weighted by Crippen LogP contribution is 2.27. The number of anilines is 2. The monoisotopic (exact) mass is 365 g/mol. The number of nitrogens with zero attached hydrogens (tertiary/aromatic N) is 1. The molecule has 3 aromatic rings. The van der Waals surface area contributed by atoms with Crippen molar-refractivity contribution < 1.29 is 4.79 Å². The number of carbonyl (C=O) groups excluding carboxylic acids is 1. The first-order valence-corrected chi connectivity index (χ1v) is 9.74. The SMILES string of the molecule is CCNc1nc(-c2ccc(NC(=O)C(CC)c3ccccc3)cc2)cs1. The average molecular weight is 366 g/mol. The Balaban J connectivity index is 1.69. The molecule has 0 saturated heterocycles. The molecule has 4 nitrogen and oxygen atoms in total. The number of carbonyl (C=O) groups is 1. The minimum Gasteiger partial charge on any atom is -0.362 e. The molecule has 26 heavy (non-hydrogen) atoms. The molecule has 0 aliphatic rings. The van der Waals surface area contributed by atoms with Gasteiger partial charge in [-0.2, -0.15) is 0 Å². The van der Waals surface area contributed by atoms with Crippen LogP contribution in [0.15, 0.2) is 60.0 Å². The van der Waals surface area contributed by atoms with Crippen LogP contribution in [0.1, 0.15) is 31.7 Å². The summed E-state index contributed by atoms with van der Waals surface area (Å²) < 4.78 is 0. The van der Waals surface area contributed by atoms with Crippen molar-refractivity contribution >= 4 is 28.1 Å². The summed E-state index contributed by atoms with van der Waals surface area (Å²) in [5, 5.41) is 9.21. The lowest BCUT2D eigenvalue weighted by molar-refractivity contribution is -0.117. The standard InChI is InChI=1S/C21H23N3OS/c1-3-18(15-8-6-5-7-9-15)20(25)23-17-12-10-16(11-13-17)19-14-26-21(24-19)22-4-2/h5-14,18H,3-4H2,1-2H3,(H,22,24)(H,23,25). The van der Waals surface area contributed by atoms with Gasteiger partial charge in [-0.1, -0.05) is 49.4 Å². The summed E-state index contributed by atoms with van der Waals surface area (Å²) in [4.78, 5) is 17.2. The number of hydrogen-bond acceptors (Lipinski definition) is 4. The van der Waals surface area contributed by atoms with Gasteiger partial charge >= 0.3 is 0 Å². The molecular weight excluding hydrogens is 342 g/mol. The number of thiazole rings is 1. The number of hydrogen-bond donors (Lipinski definition) is 2. The van der Waals surface area contributed by atoms with Crippen molar-refractivity contribution in [3.05, 3.63) is 65.5 Å². The number of benzene rings is 2. The first kappa shape index (κ1) is 18.1. The van der Waals surface area contributed by atoms with Crippen molar-refractivity contribution in [2.75, 3.05) is 17.2 Å². The van der Waals surface area contributed by atoms with Gasteiger partial charge in [0, 0.05) is 23.2 Å². The van der Waals surface area contributed by atoms with E-state index in [0.717, 1.165) is 40.6 Å². The van der Waals surface area contributed by atoms with Crippen molar-refractivity contribution in [2.24, 2.45) is 0 Å². The fraction of sp³-hybridized carbons (Fsp3) is 0.238. The Morgan fingerprint density at radius 2 is 1.81 bits per heavy atom. The van der Waals surface area contributed by atoms with Crippen LogP contribution in [0.2, 0.25) is 0 Å². The summed E-state index contributed by atoms with van der Waals surface area (Å²) >= 11 is 1.60. The van der Waals surface area contributed by atoms with E-state index in [4.69, 9.17) is 0 Å². The average Bonchev–Trinajstić information content (AvgIpc) is 3.13. The molecule has 2 aromatic carbocycles. The molecule has 0 radical (unpaired) electrons. The molecule has 0 saturated carbocycles. The summed E-state index contributed by atoms with van der Waals surface area (Å²) in [6, 6.07) is 17.7. The van der Waals surface area contributed by atoms with Crippen LogP contribution in [-0.4, -0.2) is 17.4 Å². The molecule has 0 aliphatic carbocycles. The van der Waals surface area contributed by atoms with Crippen LogP contribution in [0.5, 0.6) is 0 Å². The van der Waals surface area contributed by atoms with Crippen molar-refractivity contribution in [3.8, 4) is 11.3 Å². The topological polar surface area (TPSA) is 54.0 Å². The van der Waals surface area contributed by atoms with E-state index in [1.807, 2.05) is 66.9 Å².